The van der Waals surface area contributed by atoms with E-state index in [0.717, 1.165) is 68.1 Å². The van der Waals surface area contributed by atoms with Crippen LogP contribution in [0.15, 0.2) is 47.4 Å². The lowest BCUT2D eigenvalue weighted by atomic mass is 9.95. The number of hydrogen-bond acceptors (Lipinski definition) is 8. The summed E-state index contributed by atoms with van der Waals surface area (Å²) in [7, 11) is -3.97. The van der Waals surface area contributed by atoms with Gasteiger partial charge in [-0.25, -0.2) is 13.2 Å². The average molecular weight is 621 g/mol. The molecule has 3 aromatic rings. The molecule has 0 unspecified atom stereocenters. The van der Waals surface area contributed by atoms with Crippen LogP contribution in [-0.2, 0) is 37.1 Å². The zero-order chi connectivity index (χ0) is 29.4. The van der Waals surface area contributed by atoms with Crippen LogP contribution in [0.3, 0.4) is 0 Å². The number of amides is 1. The highest BCUT2D eigenvalue weighted by Gasteiger charge is 2.28. The smallest absolute Gasteiger partial charge is 0.341 e. The van der Waals surface area contributed by atoms with Gasteiger partial charge in [-0.1, -0.05) is 29.3 Å². The normalized spacial score (nSPS) is 14.7. The minimum Gasteiger partial charge on any atom is -0.462 e. The van der Waals surface area contributed by atoms with Crippen molar-refractivity contribution in [3.8, 4) is 0 Å². The van der Waals surface area contributed by atoms with Crippen LogP contribution in [0.4, 0.5) is 10.7 Å². The zero-order valence-electron chi connectivity index (χ0n) is 23.0. The summed E-state index contributed by atoms with van der Waals surface area (Å²) in [6, 6.07) is 10.7. The Balaban J connectivity index is 0.000000572. The Morgan fingerprint density at radius 2 is 1.66 bits per heavy atom. The second kappa shape index (κ2) is 14.3. The third-order valence-corrected chi connectivity index (χ3v) is 9.25. The van der Waals surface area contributed by atoms with Gasteiger partial charge in [-0.15, -0.1) is 11.3 Å². The topological polar surface area (TPSA) is 120 Å². The maximum atomic E-state index is 13.3. The van der Waals surface area contributed by atoms with Gasteiger partial charge >= 0.3 is 5.97 Å². The lowest BCUT2D eigenvalue weighted by Crippen LogP contribution is -2.19. The van der Waals surface area contributed by atoms with Gasteiger partial charge in [0.2, 0.25) is 0 Å². The molecule has 5 rings (SSSR count). The monoisotopic (exact) mass is 620 g/mol. The Hall–Kier alpha value is -2.96. The highest BCUT2D eigenvalue weighted by molar-refractivity contribution is 7.92. The van der Waals surface area contributed by atoms with Crippen LogP contribution in [0.2, 0.25) is 5.02 Å². The fraction of sp³-hybridized carbons (Fsp3) is 0.379. The SMILES string of the molecule is C1COCCO1.CCOC(=O)c1c(NC(=O)c2ccc(Cl)cc2NS(=O)(=O)c2ccc(C)cc2)sc2c1CCCC2. The van der Waals surface area contributed by atoms with Gasteiger partial charge in [0, 0.05) is 9.90 Å². The number of anilines is 2. The molecule has 0 bridgehead atoms. The molecular weight excluding hydrogens is 588 g/mol. The number of esters is 1. The highest BCUT2D eigenvalue weighted by Crippen LogP contribution is 2.39. The maximum Gasteiger partial charge on any atom is 0.341 e. The molecule has 41 heavy (non-hydrogen) atoms. The number of sulfonamides is 1. The Morgan fingerprint density at radius 3 is 2.29 bits per heavy atom. The van der Waals surface area contributed by atoms with Crippen molar-refractivity contribution in [1.82, 2.24) is 0 Å². The van der Waals surface area contributed by atoms with Crippen LogP contribution in [0.25, 0.3) is 0 Å². The highest BCUT2D eigenvalue weighted by atomic mass is 35.5. The molecule has 9 nitrogen and oxygen atoms in total. The number of ether oxygens (including phenoxy) is 3. The van der Waals surface area contributed by atoms with Gasteiger partial charge in [-0.2, -0.15) is 0 Å². The number of fused-ring (bicyclic) bond motifs is 1. The molecule has 1 fully saturated rings. The van der Waals surface area contributed by atoms with Crippen LogP contribution >= 0.6 is 22.9 Å². The number of benzene rings is 2. The molecular formula is C29H33ClN2O7S2. The molecule has 1 amide bonds. The van der Waals surface area contributed by atoms with Gasteiger partial charge in [0.25, 0.3) is 15.9 Å². The second-order valence-corrected chi connectivity index (χ2v) is 12.6. The van der Waals surface area contributed by atoms with Crippen molar-refractivity contribution in [2.45, 2.75) is 44.4 Å². The largest absolute Gasteiger partial charge is 0.462 e. The Kier molecular flexibility index (Phi) is 10.8. The van der Waals surface area contributed by atoms with Crippen molar-refractivity contribution < 1.29 is 32.2 Å². The van der Waals surface area contributed by atoms with Crippen molar-refractivity contribution in [1.29, 1.82) is 0 Å². The molecule has 220 valence electrons. The quantitative estimate of drug-likeness (QED) is 0.318. The predicted molar refractivity (Wildman–Crippen MR) is 160 cm³/mol. The average Bonchev–Trinajstić information content (AvgIpc) is 3.32. The molecule has 2 N–H and O–H groups in total. The van der Waals surface area contributed by atoms with Gasteiger partial charge in [-0.3, -0.25) is 9.52 Å². The minimum absolute atomic E-state index is 0.0366. The van der Waals surface area contributed by atoms with Crippen LogP contribution < -0.4 is 10.0 Å². The molecule has 2 aliphatic rings. The maximum absolute atomic E-state index is 13.3. The van der Waals surface area contributed by atoms with Crippen molar-refractivity contribution >= 4 is 55.5 Å². The van der Waals surface area contributed by atoms with E-state index < -0.39 is 21.9 Å². The van der Waals surface area contributed by atoms with E-state index in [1.807, 2.05) is 6.92 Å². The van der Waals surface area contributed by atoms with E-state index in [1.165, 1.54) is 41.7 Å². The summed E-state index contributed by atoms with van der Waals surface area (Å²) >= 11 is 7.48. The van der Waals surface area contributed by atoms with Crippen molar-refractivity contribution in [2.24, 2.45) is 0 Å². The number of rotatable bonds is 7. The standard InChI is InChI=1S/C25H25ClN2O5S2.C4H8O2/c1-3-33-25(30)22-19-6-4-5-7-21(19)34-24(22)27-23(29)18-13-10-16(26)14-20(18)28-35(31,32)17-11-8-15(2)9-12-17;1-2-6-4-3-5-1/h8-14,28H,3-7H2,1-2H3,(H,27,29);1-4H2. The van der Waals surface area contributed by atoms with Crippen LogP contribution in [0, 0.1) is 6.92 Å². The third kappa shape index (κ3) is 8.08. The summed E-state index contributed by atoms with van der Waals surface area (Å²) in [5, 5.41) is 3.49. The molecule has 2 heterocycles. The minimum atomic E-state index is -3.97. The fourth-order valence-electron chi connectivity index (χ4n) is 4.40. The second-order valence-electron chi connectivity index (χ2n) is 9.42. The van der Waals surface area contributed by atoms with Gasteiger partial charge in [0.1, 0.15) is 5.00 Å². The van der Waals surface area contributed by atoms with Crippen LogP contribution in [0.1, 0.15) is 56.5 Å². The molecule has 0 atom stereocenters. The molecule has 12 heteroatoms. The van der Waals surface area contributed by atoms with Crippen molar-refractivity contribution in [3.63, 3.8) is 0 Å². The van der Waals surface area contributed by atoms with Crippen LogP contribution in [-0.4, -0.2) is 53.3 Å². The molecule has 1 saturated heterocycles. The molecule has 0 saturated carbocycles. The number of carbonyl (C=O) groups excluding carboxylic acids is 2. The van der Waals surface area contributed by atoms with Gasteiger partial charge < -0.3 is 19.5 Å². The van der Waals surface area contributed by atoms with Crippen molar-refractivity contribution in [2.75, 3.05) is 43.1 Å². The first kappa shape index (κ1) is 31.0. The van der Waals surface area contributed by atoms with E-state index in [2.05, 4.69) is 10.0 Å². The first-order chi connectivity index (χ1) is 19.7. The Labute approximate surface area is 249 Å². The number of nitrogens with one attached hydrogen (secondary N) is 2. The number of thiophene rings is 1. The Morgan fingerprint density at radius 1 is 1.00 bits per heavy atom. The van der Waals surface area contributed by atoms with Gasteiger partial charge in [0.15, 0.2) is 0 Å². The summed E-state index contributed by atoms with van der Waals surface area (Å²) in [6.07, 6.45) is 3.57. The van der Waals surface area contributed by atoms with E-state index in [9.17, 15) is 18.0 Å². The lowest BCUT2D eigenvalue weighted by Gasteiger charge is -2.14. The van der Waals surface area contributed by atoms with Gasteiger partial charge in [0.05, 0.1) is 54.7 Å². The molecule has 1 aliphatic carbocycles. The number of halogens is 1. The fourth-order valence-corrected chi connectivity index (χ4v) is 6.92. The van der Waals surface area contributed by atoms with E-state index in [-0.39, 0.29) is 27.8 Å². The van der Waals surface area contributed by atoms with E-state index in [0.29, 0.717) is 10.6 Å². The molecule has 1 aliphatic heterocycles. The van der Waals surface area contributed by atoms with Crippen LogP contribution in [0.5, 0.6) is 0 Å². The molecule has 1 aromatic heterocycles. The Bertz CT molecular complexity index is 1470. The summed E-state index contributed by atoms with van der Waals surface area (Å²) in [5.74, 6) is -1.04. The summed E-state index contributed by atoms with van der Waals surface area (Å²) < 4.78 is 43.5. The summed E-state index contributed by atoms with van der Waals surface area (Å²) in [4.78, 5) is 27.2. The number of aryl methyl sites for hydroxylation is 2. The van der Waals surface area contributed by atoms with E-state index in [1.54, 1.807) is 19.1 Å². The van der Waals surface area contributed by atoms with E-state index >= 15 is 0 Å². The third-order valence-electron chi connectivity index (χ3n) is 6.42. The number of carbonyl (C=O) groups is 2. The van der Waals surface area contributed by atoms with Gasteiger partial charge in [-0.05, 0) is 75.4 Å². The van der Waals surface area contributed by atoms with Crippen molar-refractivity contribution in [3.05, 3.63) is 74.6 Å². The summed E-state index contributed by atoms with van der Waals surface area (Å²) in [6.45, 7) is 6.92. The lowest BCUT2D eigenvalue weighted by molar-refractivity contribution is -0.0334. The first-order valence-electron chi connectivity index (χ1n) is 13.4. The molecule has 0 spiro atoms. The zero-order valence-corrected chi connectivity index (χ0v) is 25.3. The number of hydrogen-bond donors (Lipinski definition) is 2. The predicted octanol–water partition coefficient (Wildman–Crippen LogP) is 5.85. The molecule has 0 radical (unpaired) electrons. The molecule has 2 aromatic carbocycles. The summed E-state index contributed by atoms with van der Waals surface area (Å²) in [5.41, 5.74) is 2.34. The van der Waals surface area contributed by atoms with E-state index in [4.69, 9.17) is 25.8 Å². The first-order valence-corrected chi connectivity index (χ1v) is 16.0.